The zero-order valence-corrected chi connectivity index (χ0v) is 21.2. The fraction of sp³-hybridized carbons (Fsp3) is 0.696. The molecular weight excluding hydrogens is 491 g/mol. The Hall–Kier alpha value is -0.900. The van der Waals surface area contributed by atoms with Gasteiger partial charge in [0.15, 0.2) is 5.96 Å². The summed E-state index contributed by atoms with van der Waals surface area (Å²) in [4.78, 5) is 7.33. The van der Waals surface area contributed by atoms with Crippen LogP contribution in [-0.2, 0) is 4.74 Å². The van der Waals surface area contributed by atoms with Crippen LogP contribution in [0, 0.1) is 11.8 Å². The van der Waals surface area contributed by atoms with Crippen molar-refractivity contribution in [2.75, 3.05) is 52.5 Å². The Bertz CT molecular complexity index is 580. The monoisotopic (exact) mass is 532 g/mol. The first-order chi connectivity index (χ1) is 14.1. The van der Waals surface area contributed by atoms with E-state index in [0.29, 0.717) is 11.8 Å². The van der Waals surface area contributed by atoms with E-state index in [9.17, 15) is 5.11 Å². The highest BCUT2D eigenvalue weighted by atomic mass is 127. The minimum absolute atomic E-state index is 0. The maximum absolute atomic E-state index is 9.37. The van der Waals surface area contributed by atoms with E-state index >= 15 is 0 Å². The number of aliphatic hydroxyl groups is 1. The second-order valence-corrected chi connectivity index (χ2v) is 8.18. The lowest BCUT2D eigenvalue weighted by atomic mass is 9.94. The molecule has 2 unspecified atom stereocenters. The van der Waals surface area contributed by atoms with E-state index in [0.717, 1.165) is 64.7 Å². The highest BCUT2D eigenvalue weighted by Crippen LogP contribution is 2.21. The number of halogens is 1. The Morgan fingerprint density at radius 3 is 2.47 bits per heavy atom. The van der Waals surface area contributed by atoms with E-state index in [2.05, 4.69) is 66.6 Å². The number of hydrogen-bond acceptors (Lipinski definition) is 4. The topological polar surface area (TPSA) is 69.1 Å². The van der Waals surface area contributed by atoms with Gasteiger partial charge in [-0.1, -0.05) is 44.2 Å². The number of rotatable bonds is 11. The van der Waals surface area contributed by atoms with Gasteiger partial charge in [0.25, 0.3) is 0 Å². The van der Waals surface area contributed by atoms with Crippen LogP contribution >= 0.6 is 24.0 Å². The fourth-order valence-electron chi connectivity index (χ4n) is 3.91. The van der Waals surface area contributed by atoms with Gasteiger partial charge in [-0.05, 0) is 37.2 Å². The van der Waals surface area contributed by atoms with Gasteiger partial charge < -0.3 is 20.5 Å². The lowest BCUT2D eigenvalue weighted by Crippen LogP contribution is -2.46. The highest BCUT2D eigenvalue weighted by Gasteiger charge is 2.22. The SMILES string of the molecule is CCNC(=NCC(CCO)CC(C)C)NCC(c1ccccc1)N1CCOCC1.I. The van der Waals surface area contributed by atoms with Gasteiger partial charge in [0.2, 0.25) is 0 Å². The molecule has 30 heavy (non-hydrogen) atoms. The quantitative estimate of drug-likeness (QED) is 0.232. The second-order valence-electron chi connectivity index (χ2n) is 8.18. The lowest BCUT2D eigenvalue weighted by Gasteiger charge is -2.35. The molecule has 3 N–H and O–H groups in total. The Morgan fingerprint density at radius 2 is 1.87 bits per heavy atom. The van der Waals surface area contributed by atoms with Crippen LogP contribution in [0.2, 0.25) is 0 Å². The Kier molecular flexibility index (Phi) is 14.3. The van der Waals surface area contributed by atoms with Crippen molar-refractivity contribution < 1.29 is 9.84 Å². The van der Waals surface area contributed by atoms with Gasteiger partial charge in [0, 0.05) is 39.3 Å². The van der Waals surface area contributed by atoms with Gasteiger partial charge in [-0.25, -0.2) is 0 Å². The van der Waals surface area contributed by atoms with Crippen LogP contribution < -0.4 is 10.6 Å². The first kappa shape index (κ1) is 27.1. The molecule has 2 rings (SSSR count). The summed E-state index contributed by atoms with van der Waals surface area (Å²) < 4.78 is 5.55. The van der Waals surface area contributed by atoms with Crippen molar-refractivity contribution in [2.24, 2.45) is 16.8 Å². The van der Waals surface area contributed by atoms with Gasteiger partial charge in [0.1, 0.15) is 0 Å². The van der Waals surface area contributed by atoms with Crippen LogP contribution in [0.1, 0.15) is 45.2 Å². The lowest BCUT2D eigenvalue weighted by molar-refractivity contribution is 0.0170. The molecule has 0 saturated carbocycles. The van der Waals surface area contributed by atoms with Crippen LogP contribution in [0.5, 0.6) is 0 Å². The Labute approximate surface area is 199 Å². The molecule has 1 aromatic rings. The van der Waals surface area contributed by atoms with E-state index in [-0.39, 0.29) is 36.6 Å². The minimum atomic E-state index is 0. The van der Waals surface area contributed by atoms with Crippen LogP contribution in [0.15, 0.2) is 35.3 Å². The molecule has 7 heteroatoms. The van der Waals surface area contributed by atoms with Crippen LogP contribution in [0.25, 0.3) is 0 Å². The number of guanidine groups is 1. The number of aliphatic imine (C=N–C) groups is 1. The number of nitrogens with one attached hydrogen (secondary N) is 2. The van der Waals surface area contributed by atoms with E-state index in [1.54, 1.807) is 0 Å². The third-order valence-corrected chi connectivity index (χ3v) is 5.33. The predicted octanol–water partition coefficient (Wildman–Crippen LogP) is 3.28. The molecule has 0 spiro atoms. The van der Waals surface area contributed by atoms with Crippen molar-refractivity contribution in [3.8, 4) is 0 Å². The summed E-state index contributed by atoms with van der Waals surface area (Å²) in [6.07, 6.45) is 1.89. The molecule has 0 bridgehead atoms. The zero-order valence-electron chi connectivity index (χ0n) is 18.8. The van der Waals surface area contributed by atoms with Crippen molar-refractivity contribution in [1.29, 1.82) is 0 Å². The molecule has 1 fully saturated rings. The highest BCUT2D eigenvalue weighted by molar-refractivity contribution is 14.0. The van der Waals surface area contributed by atoms with Gasteiger partial charge in [-0.15, -0.1) is 24.0 Å². The normalized spacial score (nSPS) is 17.3. The van der Waals surface area contributed by atoms with Crippen LogP contribution in [-0.4, -0.2) is 68.5 Å². The van der Waals surface area contributed by atoms with Crippen molar-refractivity contribution in [1.82, 2.24) is 15.5 Å². The Balaban J connectivity index is 0.00000450. The molecule has 6 nitrogen and oxygen atoms in total. The number of hydrogen-bond donors (Lipinski definition) is 3. The summed E-state index contributed by atoms with van der Waals surface area (Å²) in [6, 6.07) is 11.0. The molecule has 1 saturated heterocycles. The van der Waals surface area contributed by atoms with Crippen LogP contribution in [0.3, 0.4) is 0 Å². The minimum Gasteiger partial charge on any atom is -0.396 e. The summed E-state index contributed by atoms with van der Waals surface area (Å²) in [5.74, 6) is 1.88. The molecule has 2 atom stereocenters. The van der Waals surface area contributed by atoms with Gasteiger partial charge in [0.05, 0.1) is 19.3 Å². The summed E-state index contributed by atoms with van der Waals surface area (Å²) in [5.41, 5.74) is 1.32. The molecule has 172 valence electrons. The second kappa shape index (κ2) is 15.8. The molecule has 1 aliphatic rings. The molecule has 0 aromatic heterocycles. The molecule has 1 aliphatic heterocycles. The van der Waals surface area contributed by atoms with Crippen molar-refractivity contribution >= 4 is 29.9 Å². The average molecular weight is 533 g/mol. The van der Waals surface area contributed by atoms with E-state index in [1.165, 1.54) is 5.56 Å². The zero-order chi connectivity index (χ0) is 20.9. The van der Waals surface area contributed by atoms with E-state index < -0.39 is 0 Å². The molecule has 0 aliphatic carbocycles. The number of ether oxygens (including phenoxy) is 1. The van der Waals surface area contributed by atoms with Crippen molar-refractivity contribution in [3.05, 3.63) is 35.9 Å². The Morgan fingerprint density at radius 1 is 1.17 bits per heavy atom. The van der Waals surface area contributed by atoms with E-state index in [4.69, 9.17) is 9.73 Å². The van der Waals surface area contributed by atoms with Crippen molar-refractivity contribution in [2.45, 2.75) is 39.7 Å². The molecule has 0 amide bonds. The molecule has 1 aromatic carbocycles. The maximum atomic E-state index is 9.37. The number of benzene rings is 1. The number of morpholine rings is 1. The maximum Gasteiger partial charge on any atom is 0.191 e. The average Bonchev–Trinajstić information content (AvgIpc) is 2.73. The summed E-state index contributed by atoms with van der Waals surface area (Å²) in [7, 11) is 0. The summed E-state index contributed by atoms with van der Waals surface area (Å²) in [6.45, 7) is 12.6. The third-order valence-electron chi connectivity index (χ3n) is 5.33. The molecule has 0 radical (unpaired) electrons. The number of aliphatic hydroxyl groups excluding tert-OH is 1. The van der Waals surface area contributed by atoms with Gasteiger partial charge in [-0.2, -0.15) is 0 Å². The molecular formula is C23H41IN4O2. The molecule has 1 heterocycles. The first-order valence-corrected chi connectivity index (χ1v) is 11.1. The summed E-state index contributed by atoms with van der Waals surface area (Å²) >= 11 is 0. The first-order valence-electron chi connectivity index (χ1n) is 11.1. The predicted molar refractivity (Wildman–Crippen MR) is 136 cm³/mol. The van der Waals surface area contributed by atoms with Crippen LogP contribution in [0.4, 0.5) is 0 Å². The fourth-order valence-corrected chi connectivity index (χ4v) is 3.91. The smallest absolute Gasteiger partial charge is 0.191 e. The third kappa shape index (κ3) is 9.94. The summed E-state index contributed by atoms with van der Waals surface area (Å²) in [5, 5.41) is 16.3. The van der Waals surface area contributed by atoms with Crippen molar-refractivity contribution in [3.63, 3.8) is 0 Å². The van der Waals surface area contributed by atoms with Gasteiger partial charge >= 0.3 is 0 Å². The standard InChI is InChI=1S/C23H40N4O2.HI/c1-4-24-23(25-17-20(10-13-28)16-19(2)3)26-18-22(21-8-6-5-7-9-21)27-11-14-29-15-12-27;/h5-9,19-20,22,28H,4,10-18H2,1-3H3,(H2,24,25,26);1H. The van der Waals surface area contributed by atoms with E-state index in [1.807, 2.05) is 0 Å². The number of nitrogens with zero attached hydrogens (tertiary/aromatic N) is 2. The van der Waals surface area contributed by atoms with Gasteiger partial charge in [-0.3, -0.25) is 9.89 Å². The largest absolute Gasteiger partial charge is 0.396 e.